The van der Waals surface area contributed by atoms with Gasteiger partial charge >= 0.3 is 6.03 Å². The number of carbonyl (C=O) groups is 2. The van der Waals surface area contributed by atoms with Crippen LogP contribution in [0, 0.1) is 0 Å². The van der Waals surface area contributed by atoms with E-state index in [4.69, 9.17) is 11.6 Å². The SMILES string of the molecule is CC(C)N(Cc1nc(C(=O)[O-])cs1)C(=O)Nc1cccc(Cl)c1. The Kier molecular flexibility index (Phi) is 5.57. The Morgan fingerprint density at radius 1 is 1.43 bits per heavy atom. The summed E-state index contributed by atoms with van der Waals surface area (Å²) >= 11 is 7.07. The van der Waals surface area contributed by atoms with Crippen molar-refractivity contribution < 1.29 is 14.7 Å². The molecule has 0 bridgehead atoms. The van der Waals surface area contributed by atoms with Gasteiger partial charge in [0.25, 0.3) is 0 Å². The number of hydrogen-bond acceptors (Lipinski definition) is 5. The number of hydrogen-bond donors (Lipinski definition) is 1. The van der Waals surface area contributed by atoms with Crippen molar-refractivity contribution in [2.45, 2.75) is 26.4 Å². The van der Waals surface area contributed by atoms with Crippen molar-refractivity contribution >= 4 is 40.6 Å². The number of rotatable bonds is 5. The van der Waals surface area contributed by atoms with Crippen molar-refractivity contribution in [1.29, 1.82) is 0 Å². The zero-order valence-corrected chi connectivity index (χ0v) is 14.1. The van der Waals surface area contributed by atoms with Crippen molar-refractivity contribution in [2.75, 3.05) is 5.32 Å². The van der Waals surface area contributed by atoms with E-state index in [0.717, 1.165) is 0 Å². The smallest absolute Gasteiger partial charge is 0.322 e. The molecule has 2 rings (SSSR count). The molecule has 0 aliphatic carbocycles. The zero-order chi connectivity index (χ0) is 17.0. The minimum Gasteiger partial charge on any atom is -0.543 e. The first-order chi connectivity index (χ1) is 10.9. The van der Waals surface area contributed by atoms with E-state index in [2.05, 4.69) is 10.3 Å². The summed E-state index contributed by atoms with van der Waals surface area (Å²) in [5.41, 5.74) is 0.465. The maximum absolute atomic E-state index is 12.4. The van der Waals surface area contributed by atoms with Gasteiger partial charge in [-0.15, -0.1) is 11.3 Å². The summed E-state index contributed by atoms with van der Waals surface area (Å²) in [5.74, 6) is -1.33. The van der Waals surface area contributed by atoms with E-state index in [9.17, 15) is 14.7 Å². The summed E-state index contributed by atoms with van der Waals surface area (Å²) in [6.45, 7) is 3.94. The van der Waals surface area contributed by atoms with Crippen molar-refractivity contribution in [3.8, 4) is 0 Å². The maximum atomic E-state index is 12.4. The maximum Gasteiger partial charge on any atom is 0.322 e. The molecule has 1 aromatic heterocycles. The third-order valence-electron chi connectivity index (χ3n) is 3.03. The number of urea groups is 1. The van der Waals surface area contributed by atoms with Crippen LogP contribution in [0.1, 0.15) is 29.3 Å². The summed E-state index contributed by atoms with van der Waals surface area (Å²) in [4.78, 5) is 28.7. The first-order valence-corrected chi connectivity index (χ1v) is 8.11. The van der Waals surface area contributed by atoms with E-state index in [1.807, 2.05) is 13.8 Å². The number of aromatic nitrogens is 1. The molecular weight excluding hydrogens is 338 g/mol. The monoisotopic (exact) mass is 352 g/mol. The van der Waals surface area contributed by atoms with Gasteiger partial charge in [0, 0.05) is 22.1 Å². The van der Waals surface area contributed by atoms with Gasteiger partial charge in [-0.2, -0.15) is 0 Å². The first-order valence-electron chi connectivity index (χ1n) is 6.85. The predicted molar refractivity (Wildman–Crippen MR) is 87.6 cm³/mol. The van der Waals surface area contributed by atoms with E-state index in [1.54, 1.807) is 29.2 Å². The number of nitrogens with one attached hydrogen (secondary N) is 1. The average Bonchev–Trinajstić information content (AvgIpc) is 2.93. The quantitative estimate of drug-likeness (QED) is 0.896. The van der Waals surface area contributed by atoms with E-state index in [-0.39, 0.29) is 24.3 Å². The van der Waals surface area contributed by atoms with Crippen LogP contribution >= 0.6 is 22.9 Å². The lowest BCUT2D eigenvalue weighted by atomic mass is 10.3. The summed E-state index contributed by atoms with van der Waals surface area (Å²) in [6.07, 6.45) is 0. The van der Waals surface area contributed by atoms with Crippen LogP contribution in [0.15, 0.2) is 29.6 Å². The minimum atomic E-state index is -1.33. The van der Waals surface area contributed by atoms with Crippen LogP contribution in [0.4, 0.5) is 10.5 Å². The Labute approximate surface area is 142 Å². The number of thiazole rings is 1. The molecule has 1 aromatic carbocycles. The Morgan fingerprint density at radius 2 is 2.17 bits per heavy atom. The standard InChI is InChI=1S/C15H16ClN3O3S/c1-9(2)19(7-13-18-12(8-23-13)14(20)21)15(22)17-11-5-3-4-10(16)6-11/h3-6,8-9H,7H2,1-2H3,(H,17,22)(H,20,21)/p-1. The molecule has 0 spiro atoms. The van der Waals surface area contributed by atoms with Gasteiger partial charge < -0.3 is 20.1 Å². The second kappa shape index (κ2) is 7.43. The van der Waals surface area contributed by atoms with E-state index in [0.29, 0.717) is 15.7 Å². The molecule has 1 heterocycles. The summed E-state index contributed by atoms with van der Waals surface area (Å²) < 4.78 is 0. The molecule has 8 heteroatoms. The lowest BCUT2D eigenvalue weighted by Gasteiger charge is -2.26. The molecule has 0 saturated carbocycles. The highest BCUT2D eigenvalue weighted by atomic mass is 35.5. The molecule has 0 unspecified atom stereocenters. The van der Waals surface area contributed by atoms with Crippen LogP contribution in [0.5, 0.6) is 0 Å². The van der Waals surface area contributed by atoms with E-state index < -0.39 is 5.97 Å². The van der Waals surface area contributed by atoms with Crippen LogP contribution in [-0.2, 0) is 6.54 Å². The summed E-state index contributed by atoms with van der Waals surface area (Å²) in [7, 11) is 0. The van der Waals surface area contributed by atoms with Crippen molar-refractivity contribution in [3.63, 3.8) is 0 Å². The highest BCUT2D eigenvalue weighted by molar-refractivity contribution is 7.09. The fourth-order valence-corrected chi connectivity index (χ4v) is 2.82. The third kappa shape index (κ3) is 4.67. The number of anilines is 1. The lowest BCUT2D eigenvalue weighted by Crippen LogP contribution is -2.39. The normalized spacial score (nSPS) is 10.6. The van der Waals surface area contributed by atoms with Gasteiger partial charge in [0.1, 0.15) is 5.01 Å². The Balaban J connectivity index is 2.10. The lowest BCUT2D eigenvalue weighted by molar-refractivity contribution is -0.255. The van der Waals surface area contributed by atoms with Crippen LogP contribution in [0.3, 0.4) is 0 Å². The highest BCUT2D eigenvalue weighted by Gasteiger charge is 2.19. The fourth-order valence-electron chi connectivity index (χ4n) is 1.87. The third-order valence-corrected chi connectivity index (χ3v) is 4.10. The second-order valence-corrected chi connectivity index (χ2v) is 6.46. The van der Waals surface area contributed by atoms with Gasteiger partial charge in [-0.3, -0.25) is 0 Å². The molecule has 0 radical (unpaired) electrons. The number of carboxylic acid groups (broad SMARTS) is 1. The number of carbonyl (C=O) groups excluding carboxylic acids is 2. The molecule has 2 amide bonds. The van der Waals surface area contributed by atoms with Crippen molar-refractivity contribution in [3.05, 3.63) is 45.4 Å². The van der Waals surface area contributed by atoms with Crippen LogP contribution in [0.2, 0.25) is 5.02 Å². The Morgan fingerprint density at radius 3 is 2.74 bits per heavy atom. The molecule has 0 atom stereocenters. The molecule has 23 heavy (non-hydrogen) atoms. The predicted octanol–water partition coefficient (Wildman–Crippen LogP) is 2.60. The van der Waals surface area contributed by atoms with E-state index >= 15 is 0 Å². The molecule has 6 nitrogen and oxygen atoms in total. The van der Waals surface area contributed by atoms with Crippen LogP contribution in [-0.4, -0.2) is 27.9 Å². The first kappa shape index (κ1) is 17.2. The number of nitrogens with zero attached hydrogens (tertiary/aromatic N) is 2. The Bertz CT molecular complexity index is 717. The summed E-state index contributed by atoms with van der Waals surface area (Å²) in [6, 6.07) is 6.44. The van der Waals surface area contributed by atoms with Gasteiger partial charge in [-0.05, 0) is 32.0 Å². The number of amides is 2. The summed E-state index contributed by atoms with van der Waals surface area (Å²) in [5, 5.41) is 16.0. The molecule has 0 aliphatic rings. The molecule has 0 aliphatic heterocycles. The molecule has 0 fully saturated rings. The largest absolute Gasteiger partial charge is 0.543 e. The molecule has 2 aromatic rings. The minimum absolute atomic E-state index is 0.0931. The highest BCUT2D eigenvalue weighted by Crippen LogP contribution is 2.18. The second-order valence-electron chi connectivity index (χ2n) is 5.08. The number of aromatic carboxylic acids is 1. The fraction of sp³-hybridized carbons (Fsp3) is 0.267. The van der Waals surface area contributed by atoms with Crippen LogP contribution in [0.25, 0.3) is 0 Å². The zero-order valence-electron chi connectivity index (χ0n) is 12.6. The van der Waals surface area contributed by atoms with Gasteiger partial charge in [-0.1, -0.05) is 17.7 Å². The molecule has 0 saturated heterocycles. The van der Waals surface area contributed by atoms with E-state index in [1.165, 1.54) is 16.7 Å². The average molecular weight is 353 g/mol. The van der Waals surface area contributed by atoms with Gasteiger partial charge in [-0.25, -0.2) is 9.78 Å². The van der Waals surface area contributed by atoms with Crippen molar-refractivity contribution in [1.82, 2.24) is 9.88 Å². The molecular formula is C15H15ClN3O3S-. The number of carboxylic acids is 1. The number of halogens is 1. The van der Waals surface area contributed by atoms with Crippen LogP contribution < -0.4 is 10.4 Å². The van der Waals surface area contributed by atoms with Crippen molar-refractivity contribution in [2.24, 2.45) is 0 Å². The van der Waals surface area contributed by atoms with Gasteiger partial charge in [0.05, 0.1) is 18.2 Å². The number of benzene rings is 1. The van der Waals surface area contributed by atoms with Gasteiger partial charge in [0.2, 0.25) is 0 Å². The Hall–Kier alpha value is -2.12. The topological polar surface area (TPSA) is 85.4 Å². The molecule has 122 valence electrons. The molecule has 1 N–H and O–H groups in total. The van der Waals surface area contributed by atoms with Gasteiger partial charge in [0.15, 0.2) is 0 Å².